The van der Waals surface area contributed by atoms with Crippen LogP contribution >= 0.6 is 22.9 Å². The number of fused-ring (bicyclic) bond motifs is 1. The van der Waals surface area contributed by atoms with Gasteiger partial charge in [0.2, 0.25) is 11.5 Å². The molecule has 2 aromatic heterocycles. The van der Waals surface area contributed by atoms with Crippen molar-refractivity contribution in [2.24, 2.45) is 0 Å². The van der Waals surface area contributed by atoms with Crippen molar-refractivity contribution >= 4 is 40.7 Å². The highest BCUT2D eigenvalue weighted by Gasteiger charge is 2.57. The summed E-state index contributed by atoms with van der Waals surface area (Å²) in [6.45, 7) is 1.64. The zero-order valence-corrected chi connectivity index (χ0v) is 28.2. The minimum Gasteiger partial charge on any atom is -0.474 e. The van der Waals surface area contributed by atoms with Crippen LogP contribution in [0.25, 0.3) is 0 Å². The van der Waals surface area contributed by atoms with Crippen LogP contribution in [-0.4, -0.2) is 61.9 Å². The summed E-state index contributed by atoms with van der Waals surface area (Å²) in [4.78, 5) is 46.6. The number of thiophene rings is 1. The van der Waals surface area contributed by atoms with E-state index in [1.54, 1.807) is 30.6 Å². The molecule has 2 aliphatic heterocycles. The van der Waals surface area contributed by atoms with Gasteiger partial charge < -0.3 is 14.5 Å². The molecule has 0 radical (unpaired) electrons. The molecular weight excluding hydrogens is 714 g/mol. The predicted octanol–water partition coefficient (Wildman–Crippen LogP) is 7.30. The fourth-order valence-corrected chi connectivity index (χ4v) is 7.66. The number of nitrogens with zero attached hydrogens (tertiary/aromatic N) is 3. The number of aromatic nitrogens is 1. The number of alkyl halides is 6. The van der Waals surface area contributed by atoms with Crippen LogP contribution in [0.3, 0.4) is 0 Å². The number of amides is 3. The minimum atomic E-state index is -4.93. The number of ether oxygens (including phenoxy) is 1. The highest BCUT2D eigenvalue weighted by atomic mass is 35.5. The quantitative estimate of drug-likeness (QED) is 0.135. The highest BCUT2D eigenvalue weighted by molar-refractivity contribution is 7.10. The number of hydroxylamine groups is 1. The second-order valence-electron chi connectivity index (χ2n) is 12.2. The number of hydrogen-bond donors (Lipinski definition) is 2. The van der Waals surface area contributed by atoms with Crippen LogP contribution in [-0.2, 0) is 34.9 Å². The summed E-state index contributed by atoms with van der Waals surface area (Å²) in [7, 11) is 0. The van der Waals surface area contributed by atoms with Crippen molar-refractivity contribution in [3.63, 3.8) is 0 Å². The lowest BCUT2D eigenvalue weighted by Gasteiger charge is -2.51. The van der Waals surface area contributed by atoms with Crippen molar-refractivity contribution < 1.29 is 50.7 Å². The largest absolute Gasteiger partial charge is 0.474 e. The Hall–Kier alpha value is -3.89. The van der Waals surface area contributed by atoms with Gasteiger partial charge in [0, 0.05) is 54.6 Å². The van der Waals surface area contributed by atoms with Crippen molar-refractivity contribution in [2.75, 3.05) is 6.54 Å². The lowest BCUT2D eigenvalue weighted by Crippen LogP contribution is -2.69. The zero-order chi connectivity index (χ0) is 36.4. The molecule has 0 saturated carbocycles. The van der Waals surface area contributed by atoms with E-state index in [9.17, 15) is 35.9 Å². The van der Waals surface area contributed by atoms with Crippen LogP contribution < -0.4 is 10.2 Å². The average Bonchev–Trinajstić information content (AvgIpc) is 3.55. The maximum Gasteiger partial charge on any atom is 0.425 e. The maximum absolute atomic E-state index is 15.2. The van der Waals surface area contributed by atoms with E-state index in [1.165, 1.54) is 4.90 Å². The fourth-order valence-electron chi connectivity index (χ4n) is 6.78. The third kappa shape index (κ3) is 7.71. The van der Waals surface area contributed by atoms with E-state index in [0.717, 1.165) is 40.2 Å². The Morgan fingerprint density at radius 3 is 2.50 bits per heavy atom. The summed E-state index contributed by atoms with van der Waals surface area (Å²) < 4.78 is 89.5. The fraction of sp³-hybridized carbons (Fsp3) is 0.455. The monoisotopic (exact) mass is 746 g/mol. The van der Waals surface area contributed by atoms with Crippen LogP contribution in [0.5, 0.6) is 5.75 Å². The molecule has 270 valence electrons. The van der Waals surface area contributed by atoms with E-state index >= 15 is 4.79 Å². The third-order valence-corrected chi connectivity index (χ3v) is 10.2. The Bertz CT molecular complexity index is 1740. The molecular formula is C33H33ClF6N4O5S. The average molecular weight is 747 g/mol. The van der Waals surface area contributed by atoms with E-state index in [4.69, 9.17) is 21.5 Å². The Labute approximate surface area is 292 Å². The summed E-state index contributed by atoms with van der Waals surface area (Å²) in [5.41, 5.74) is -1.15. The van der Waals surface area contributed by atoms with Crippen LogP contribution in [0.2, 0.25) is 5.02 Å². The van der Waals surface area contributed by atoms with Crippen molar-refractivity contribution in [3.05, 3.63) is 80.3 Å². The van der Waals surface area contributed by atoms with Crippen molar-refractivity contribution in [1.82, 2.24) is 20.3 Å². The number of halogens is 7. The van der Waals surface area contributed by atoms with Crippen LogP contribution in [0.4, 0.5) is 26.3 Å². The molecule has 1 saturated heterocycles. The molecule has 0 bridgehead atoms. The Kier molecular flexibility index (Phi) is 11.0. The molecule has 3 amide bonds. The Morgan fingerprint density at radius 2 is 1.84 bits per heavy atom. The van der Waals surface area contributed by atoms with Gasteiger partial charge in [0.1, 0.15) is 16.3 Å². The van der Waals surface area contributed by atoms with Crippen LogP contribution in [0.15, 0.2) is 48.0 Å². The molecule has 17 heteroatoms. The minimum absolute atomic E-state index is 0.0233. The van der Waals surface area contributed by atoms with Gasteiger partial charge in [-0.1, -0.05) is 31.0 Å². The molecule has 3 aromatic rings. The predicted molar refractivity (Wildman–Crippen MR) is 170 cm³/mol. The smallest absolute Gasteiger partial charge is 0.425 e. The number of likely N-dealkylation sites (tertiary alicyclic amines) is 1. The van der Waals surface area contributed by atoms with Gasteiger partial charge in [-0.05, 0) is 61.1 Å². The maximum atomic E-state index is 15.2. The zero-order valence-electron chi connectivity index (χ0n) is 26.6. The SMILES string of the molecule is CCC[C@H]1N(C(=O)c2ncccc2C(F)(F)F)CCC[C@]1(Oc1csc(C(F)(F)F)c1)C(=O)N1Cc2ccc(Cl)cc2C[C@@H]1CCC(=O)NO. The standard InChI is InChI=1S/C33H33ClF6N4O5S/c1-2-5-25-31(49-23-16-26(50-18-23)33(38,39)40,11-4-13-43(25)29(46)28-24(32(35,36)37)6-3-12-41-28)30(47)44-17-19-7-8-21(34)14-20(19)15-22(44)9-10-27(45)42-48/h3,6-8,12,14,16,18,22,25,48H,2,4-5,9-11,13,15,17H2,1H3,(H,42,45)/t22-,25+,31+/m0/s1. The van der Waals surface area contributed by atoms with Crippen molar-refractivity contribution in [3.8, 4) is 5.75 Å². The second-order valence-corrected chi connectivity index (χ2v) is 13.6. The molecule has 2 aliphatic rings. The summed E-state index contributed by atoms with van der Waals surface area (Å²) in [6, 6.07) is 5.67. The van der Waals surface area contributed by atoms with E-state index in [1.807, 2.05) is 0 Å². The third-order valence-electron chi connectivity index (χ3n) is 9.01. The van der Waals surface area contributed by atoms with Crippen LogP contribution in [0.1, 0.15) is 77.5 Å². The molecule has 0 unspecified atom stereocenters. The molecule has 2 N–H and O–H groups in total. The highest BCUT2D eigenvalue weighted by Crippen LogP contribution is 2.44. The molecule has 50 heavy (non-hydrogen) atoms. The molecule has 3 atom stereocenters. The van der Waals surface area contributed by atoms with Gasteiger partial charge in [-0.15, -0.1) is 11.3 Å². The summed E-state index contributed by atoms with van der Waals surface area (Å²) in [6.07, 6.45) is -8.19. The van der Waals surface area contributed by atoms with E-state index in [-0.39, 0.29) is 57.4 Å². The van der Waals surface area contributed by atoms with Crippen molar-refractivity contribution in [2.45, 2.75) is 88.5 Å². The van der Waals surface area contributed by atoms with E-state index < -0.39 is 63.9 Å². The lowest BCUT2D eigenvalue weighted by molar-refractivity contribution is -0.163. The molecule has 4 heterocycles. The number of hydrogen-bond acceptors (Lipinski definition) is 7. The number of benzene rings is 1. The van der Waals surface area contributed by atoms with Gasteiger partial charge in [0.25, 0.3) is 11.8 Å². The number of nitrogens with one attached hydrogen (secondary N) is 1. The van der Waals surface area contributed by atoms with Gasteiger partial charge in [-0.2, -0.15) is 26.3 Å². The first-order valence-electron chi connectivity index (χ1n) is 15.8. The summed E-state index contributed by atoms with van der Waals surface area (Å²) in [5, 5.41) is 10.7. The van der Waals surface area contributed by atoms with Crippen molar-refractivity contribution in [1.29, 1.82) is 0 Å². The number of pyridine rings is 1. The summed E-state index contributed by atoms with van der Waals surface area (Å²) >= 11 is 6.59. The molecule has 5 rings (SSSR count). The number of carbonyl (C=O) groups is 3. The van der Waals surface area contributed by atoms with E-state index in [2.05, 4.69) is 4.98 Å². The molecule has 0 aliphatic carbocycles. The van der Waals surface area contributed by atoms with Gasteiger partial charge in [0.05, 0.1) is 11.6 Å². The number of carbonyl (C=O) groups excluding carboxylic acids is 3. The second kappa shape index (κ2) is 14.8. The molecule has 9 nitrogen and oxygen atoms in total. The first-order chi connectivity index (χ1) is 23.6. The van der Waals surface area contributed by atoms with E-state index in [0.29, 0.717) is 28.3 Å². The number of rotatable bonds is 9. The molecule has 0 spiro atoms. The summed E-state index contributed by atoms with van der Waals surface area (Å²) in [5.74, 6) is -2.82. The van der Waals surface area contributed by atoms with Crippen LogP contribution in [0, 0.1) is 0 Å². The molecule has 1 fully saturated rings. The van der Waals surface area contributed by atoms with Gasteiger partial charge in [-0.25, -0.2) is 5.48 Å². The van der Waals surface area contributed by atoms with Gasteiger partial charge in [0.15, 0.2) is 0 Å². The normalized spacial score (nSPS) is 21.1. The first-order valence-corrected chi connectivity index (χ1v) is 17.0. The Balaban J connectivity index is 1.64. The Morgan fingerprint density at radius 1 is 1.08 bits per heavy atom. The molecule has 1 aromatic carbocycles. The van der Waals surface area contributed by atoms with Gasteiger partial charge in [-0.3, -0.25) is 24.6 Å². The number of piperidine rings is 1. The first kappa shape index (κ1) is 37.4. The topological polar surface area (TPSA) is 112 Å². The lowest BCUT2D eigenvalue weighted by atomic mass is 9.78. The van der Waals surface area contributed by atoms with Gasteiger partial charge >= 0.3 is 12.4 Å².